The third-order valence-electron chi connectivity index (χ3n) is 2.87. The molecule has 4 heteroatoms. The summed E-state index contributed by atoms with van der Waals surface area (Å²) in [6, 6.07) is 0.211. The number of carbonyl (C=O) groups excluding carboxylic acids is 1. The average Bonchev–Trinajstić information content (AvgIpc) is 2.19. The molecule has 0 radical (unpaired) electrons. The maximum Gasteiger partial charge on any atom is 0.222 e. The molecule has 0 aromatic heterocycles. The predicted octanol–water partition coefficient (Wildman–Crippen LogP) is 0.916. The summed E-state index contributed by atoms with van der Waals surface area (Å²) in [5.41, 5.74) is 0. The predicted molar refractivity (Wildman–Crippen MR) is 64.3 cm³/mol. The van der Waals surface area contributed by atoms with Gasteiger partial charge in [0.2, 0.25) is 5.91 Å². The molecule has 1 rings (SSSR count). The Kier molecular flexibility index (Phi) is 5.77. The maximum absolute atomic E-state index is 11.4. The minimum Gasteiger partial charge on any atom is -0.376 e. The van der Waals surface area contributed by atoms with Gasteiger partial charge in [-0.2, -0.15) is 0 Å². The van der Waals surface area contributed by atoms with E-state index >= 15 is 0 Å². The van der Waals surface area contributed by atoms with Gasteiger partial charge in [-0.15, -0.1) is 0 Å². The Morgan fingerprint density at radius 3 is 2.94 bits per heavy atom. The molecule has 16 heavy (non-hydrogen) atoms. The molecule has 94 valence electrons. The normalized spacial score (nSPS) is 25.8. The fourth-order valence-electron chi connectivity index (χ4n) is 1.88. The summed E-state index contributed by atoms with van der Waals surface area (Å²) in [5.74, 6) is 0.667. The zero-order valence-corrected chi connectivity index (χ0v) is 10.6. The van der Waals surface area contributed by atoms with Gasteiger partial charge in [0.15, 0.2) is 0 Å². The number of piperidine rings is 1. The standard InChI is InChI=1S/C12H24N2O2/c1-9(2)14-12(15)5-7-16-11-8-13-6-4-10(11)3/h9-11,13H,4-8H2,1-3H3,(H,14,15). The molecule has 2 N–H and O–H groups in total. The van der Waals surface area contributed by atoms with E-state index in [-0.39, 0.29) is 18.1 Å². The maximum atomic E-state index is 11.4. The van der Waals surface area contributed by atoms with Gasteiger partial charge in [-0.05, 0) is 32.7 Å². The van der Waals surface area contributed by atoms with Crippen LogP contribution in [0.15, 0.2) is 0 Å². The molecule has 2 atom stereocenters. The zero-order valence-electron chi connectivity index (χ0n) is 10.6. The van der Waals surface area contributed by atoms with Gasteiger partial charge in [-0.25, -0.2) is 0 Å². The zero-order chi connectivity index (χ0) is 12.0. The summed E-state index contributed by atoms with van der Waals surface area (Å²) in [5, 5.41) is 6.17. The van der Waals surface area contributed by atoms with Gasteiger partial charge in [0, 0.05) is 19.0 Å². The van der Waals surface area contributed by atoms with Gasteiger partial charge in [0.25, 0.3) is 0 Å². The van der Waals surface area contributed by atoms with Crippen molar-refractivity contribution in [2.75, 3.05) is 19.7 Å². The topological polar surface area (TPSA) is 50.4 Å². The van der Waals surface area contributed by atoms with Crippen molar-refractivity contribution in [1.82, 2.24) is 10.6 Å². The molecule has 0 saturated carbocycles. The highest BCUT2D eigenvalue weighted by Gasteiger charge is 2.21. The van der Waals surface area contributed by atoms with Gasteiger partial charge in [-0.1, -0.05) is 6.92 Å². The van der Waals surface area contributed by atoms with Gasteiger partial charge in [-0.3, -0.25) is 4.79 Å². The van der Waals surface area contributed by atoms with Crippen LogP contribution in [-0.4, -0.2) is 37.7 Å². The monoisotopic (exact) mass is 228 g/mol. The van der Waals surface area contributed by atoms with Crippen LogP contribution in [0.3, 0.4) is 0 Å². The molecule has 1 heterocycles. The summed E-state index contributed by atoms with van der Waals surface area (Å²) in [7, 11) is 0. The lowest BCUT2D eigenvalue weighted by atomic mass is 9.97. The van der Waals surface area contributed by atoms with Crippen LogP contribution in [0, 0.1) is 5.92 Å². The largest absolute Gasteiger partial charge is 0.376 e. The molecular formula is C12H24N2O2. The van der Waals surface area contributed by atoms with E-state index in [4.69, 9.17) is 4.74 Å². The number of carbonyl (C=O) groups is 1. The van der Waals surface area contributed by atoms with Crippen molar-refractivity contribution in [2.45, 2.75) is 45.8 Å². The molecule has 0 aromatic carbocycles. The van der Waals surface area contributed by atoms with Crippen LogP contribution in [0.4, 0.5) is 0 Å². The Morgan fingerprint density at radius 1 is 1.56 bits per heavy atom. The van der Waals surface area contributed by atoms with Crippen LogP contribution in [0.25, 0.3) is 0 Å². The summed E-state index contributed by atoms with van der Waals surface area (Å²) in [4.78, 5) is 11.4. The van der Waals surface area contributed by atoms with E-state index in [2.05, 4.69) is 17.6 Å². The SMILES string of the molecule is CC(C)NC(=O)CCOC1CNCCC1C. The van der Waals surface area contributed by atoms with Crippen LogP contribution in [0.2, 0.25) is 0 Å². The Bertz CT molecular complexity index is 219. The molecule has 1 aliphatic rings. The molecular weight excluding hydrogens is 204 g/mol. The van der Waals surface area contributed by atoms with Crippen molar-refractivity contribution in [1.29, 1.82) is 0 Å². The second-order valence-corrected chi connectivity index (χ2v) is 4.85. The first kappa shape index (κ1) is 13.5. The molecule has 1 amide bonds. The molecule has 2 unspecified atom stereocenters. The third kappa shape index (κ3) is 4.94. The number of hydrogen-bond acceptors (Lipinski definition) is 3. The fourth-order valence-corrected chi connectivity index (χ4v) is 1.88. The van der Waals surface area contributed by atoms with Crippen molar-refractivity contribution in [3.8, 4) is 0 Å². The lowest BCUT2D eigenvalue weighted by Gasteiger charge is -2.29. The second-order valence-electron chi connectivity index (χ2n) is 4.85. The number of hydrogen-bond donors (Lipinski definition) is 2. The number of rotatable bonds is 5. The van der Waals surface area contributed by atoms with E-state index in [1.807, 2.05) is 13.8 Å². The second kappa shape index (κ2) is 6.86. The van der Waals surface area contributed by atoms with E-state index in [9.17, 15) is 4.79 Å². The van der Waals surface area contributed by atoms with Gasteiger partial charge >= 0.3 is 0 Å². The van der Waals surface area contributed by atoms with E-state index in [0.29, 0.717) is 18.9 Å². The number of amides is 1. The molecule has 0 aliphatic carbocycles. The quantitative estimate of drug-likeness (QED) is 0.735. The number of nitrogens with one attached hydrogen (secondary N) is 2. The summed E-state index contributed by atoms with van der Waals surface area (Å²) in [6.45, 7) is 8.65. The smallest absolute Gasteiger partial charge is 0.222 e. The van der Waals surface area contributed by atoms with Crippen LogP contribution >= 0.6 is 0 Å². The van der Waals surface area contributed by atoms with E-state index in [0.717, 1.165) is 19.5 Å². The minimum absolute atomic E-state index is 0.0754. The Labute approximate surface area is 98.1 Å². The summed E-state index contributed by atoms with van der Waals surface area (Å²) >= 11 is 0. The van der Waals surface area contributed by atoms with E-state index < -0.39 is 0 Å². The van der Waals surface area contributed by atoms with Crippen molar-refractivity contribution in [3.63, 3.8) is 0 Å². The lowest BCUT2D eigenvalue weighted by molar-refractivity contribution is -0.123. The summed E-state index contributed by atoms with van der Waals surface area (Å²) in [6.07, 6.45) is 1.88. The molecule has 1 saturated heterocycles. The van der Waals surface area contributed by atoms with Gasteiger partial charge in [0.05, 0.1) is 12.7 Å². The van der Waals surface area contributed by atoms with Crippen molar-refractivity contribution < 1.29 is 9.53 Å². The lowest BCUT2D eigenvalue weighted by Crippen LogP contribution is -2.41. The van der Waals surface area contributed by atoms with Crippen molar-refractivity contribution >= 4 is 5.91 Å². The first-order valence-corrected chi connectivity index (χ1v) is 6.21. The van der Waals surface area contributed by atoms with Gasteiger partial charge < -0.3 is 15.4 Å². The van der Waals surface area contributed by atoms with Crippen LogP contribution in [-0.2, 0) is 9.53 Å². The molecule has 1 aliphatic heterocycles. The Morgan fingerprint density at radius 2 is 2.31 bits per heavy atom. The summed E-state index contributed by atoms with van der Waals surface area (Å²) < 4.78 is 5.72. The average molecular weight is 228 g/mol. The first-order valence-electron chi connectivity index (χ1n) is 6.21. The molecule has 0 aromatic rings. The molecule has 4 nitrogen and oxygen atoms in total. The Hall–Kier alpha value is -0.610. The fraction of sp³-hybridized carbons (Fsp3) is 0.917. The number of ether oxygens (including phenoxy) is 1. The van der Waals surface area contributed by atoms with Crippen LogP contribution < -0.4 is 10.6 Å². The molecule has 0 spiro atoms. The highest BCUT2D eigenvalue weighted by Crippen LogP contribution is 2.14. The third-order valence-corrected chi connectivity index (χ3v) is 2.87. The van der Waals surface area contributed by atoms with Crippen LogP contribution in [0.5, 0.6) is 0 Å². The van der Waals surface area contributed by atoms with Gasteiger partial charge in [0.1, 0.15) is 0 Å². The Balaban J connectivity index is 2.12. The molecule has 1 fully saturated rings. The van der Waals surface area contributed by atoms with Crippen molar-refractivity contribution in [3.05, 3.63) is 0 Å². The van der Waals surface area contributed by atoms with E-state index in [1.54, 1.807) is 0 Å². The minimum atomic E-state index is 0.0754. The highest BCUT2D eigenvalue weighted by molar-refractivity contribution is 5.76. The van der Waals surface area contributed by atoms with E-state index in [1.165, 1.54) is 0 Å². The first-order chi connectivity index (χ1) is 7.59. The molecule has 0 bridgehead atoms. The highest BCUT2D eigenvalue weighted by atomic mass is 16.5. The van der Waals surface area contributed by atoms with Crippen LogP contribution in [0.1, 0.15) is 33.6 Å². The van der Waals surface area contributed by atoms with Crippen molar-refractivity contribution in [2.24, 2.45) is 5.92 Å².